The zero-order valence-corrected chi connectivity index (χ0v) is 15.8. The van der Waals surface area contributed by atoms with Crippen LogP contribution in [0.3, 0.4) is 0 Å². The molecule has 0 spiro atoms. The molecule has 1 aliphatic rings. The molecule has 8 heteroatoms. The lowest BCUT2D eigenvalue weighted by Crippen LogP contribution is -2.54. The molecule has 1 aromatic carbocycles. The third kappa shape index (κ3) is 4.51. The predicted molar refractivity (Wildman–Crippen MR) is 107 cm³/mol. The highest BCUT2D eigenvalue weighted by molar-refractivity contribution is 5.95. The van der Waals surface area contributed by atoms with E-state index in [1.165, 1.54) is 0 Å². The van der Waals surface area contributed by atoms with Crippen molar-refractivity contribution in [2.75, 3.05) is 36.9 Å². The zero-order chi connectivity index (χ0) is 19.4. The first-order valence-electron chi connectivity index (χ1n) is 8.91. The number of aromatic nitrogens is 2. The van der Waals surface area contributed by atoms with Gasteiger partial charge in [0, 0.05) is 37.6 Å². The highest BCUT2D eigenvalue weighted by Crippen LogP contribution is 2.18. The van der Waals surface area contributed by atoms with Gasteiger partial charge in [-0.05, 0) is 37.7 Å². The molecule has 0 saturated carbocycles. The maximum absolute atomic E-state index is 8.90. The number of aryl methyl sites for hydroxylation is 1. The number of nitrogens with one attached hydrogen (secondary N) is 1. The van der Waals surface area contributed by atoms with Gasteiger partial charge < -0.3 is 16.0 Å². The van der Waals surface area contributed by atoms with Gasteiger partial charge in [0.2, 0.25) is 5.96 Å². The van der Waals surface area contributed by atoms with Crippen molar-refractivity contribution in [2.24, 2.45) is 10.7 Å². The van der Waals surface area contributed by atoms with Crippen LogP contribution >= 0.6 is 0 Å². The maximum atomic E-state index is 8.90. The van der Waals surface area contributed by atoms with E-state index in [0.717, 1.165) is 36.8 Å². The molecule has 0 unspecified atom stereocenters. The molecule has 3 N–H and O–H groups in total. The predicted octanol–water partition coefficient (Wildman–Crippen LogP) is 1.86. The van der Waals surface area contributed by atoms with Gasteiger partial charge in [-0.25, -0.2) is 4.98 Å². The van der Waals surface area contributed by atoms with Gasteiger partial charge in [0.1, 0.15) is 5.82 Å². The van der Waals surface area contributed by atoms with E-state index in [0.29, 0.717) is 17.6 Å². The van der Waals surface area contributed by atoms with Crippen LogP contribution in [0, 0.1) is 18.3 Å². The lowest BCUT2D eigenvalue weighted by molar-refractivity contribution is 0.171. The third-order valence-corrected chi connectivity index (χ3v) is 4.54. The molecule has 140 valence electrons. The molecule has 0 amide bonds. The van der Waals surface area contributed by atoms with Crippen LogP contribution in [0.25, 0.3) is 0 Å². The maximum Gasteiger partial charge on any atom is 0.254 e. The monoisotopic (exact) mass is 364 g/mol. The number of likely N-dealkylation sites (N-methyl/N-ethyl adjacent to an activating group) is 1. The van der Waals surface area contributed by atoms with E-state index in [4.69, 9.17) is 11.0 Å². The number of rotatable bonds is 5. The van der Waals surface area contributed by atoms with Crippen LogP contribution in [-0.2, 0) is 0 Å². The number of hydrogen-bond acceptors (Lipinski definition) is 6. The highest BCUT2D eigenvalue weighted by Gasteiger charge is 2.25. The number of likely N-dealkylation sites (tertiary alicyclic amines) is 1. The molecule has 1 saturated heterocycles. The van der Waals surface area contributed by atoms with Crippen LogP contribution in [0.4, 0.5) is 17.5 Å². The number of nitrogens with two attached hydrogens (primary N) is 1. The van der Waals surface area contributed by atoms with Crippen molar-refractivity contribution in [3.05, 3.63) is 41.6 Å². The Bertz CT molecular complexity index is 862. The summed E-state index contributed by atoms with van der Waals surface area (Å²) in [6, 6.07) is 11.5. The number of guanidine groups is 1. The molecule has 27 heavy (non-hydrogen) atoms. The summed E-state index contributed by atoms with van der Waals surface area (Å²) >= 11 is 0. The van der Waals surface area contributed by atoms with E-state index in [1.807, 2.05) is 32.2 Å². The van der Waals surface area contributed by atoms with E-state index < -0.39 is 0 Å². The summed E-state index contributed by atoms with van der Waals surface area (Å²) < 4.78 is 0. The molecule has 0 radical (unpaired) electrons. The van der Waals surface area contributed by atoms with Gasteiger partial charge in [0.15, 0.2) is 0 Å². The zero-order valence-electron chi connectivity index (χ0n) is 15.8. The Morgan fingerprint density at radius 3 is 2.70 bits per heavy atom. The Kier molecular flexibility index (Phi) is 5.52. The van der Waals surface area contributed by atoms with Crippen LogP contribution in [0.5, 0.6) is 0 Å². The average Bonchev–Trinajstić information content (AvgIpc) is 2.63. The Morgan fingerprint density at radius 2 is 2.07 bits per heavy atom. The first kappa shape index (κ1) is 18.6. The number of aliphatic imine (C=N–C) groups is 1. The second-order valence-electron chi connectivity index (χ2n) is 6.58. The van der Waals surface area contributed by atoms with Crippen LogP contribution < -0.4 is 16.0 Å². The molecular formula is C19H24N8. The molecule has 0 atom stereocenters. The molecule has 8 nitrogen and oxygen atoms in total. The standard InChI is InChI=1S/C19H24N8/c1-4-27-11-15(12-27)23-17-9-13(2)22-19(24-17)25-18(21)26(3)16-7-5-14(10-20)6-8-16/h5-9,15H,4,11-12H2,1-3H3,(H3,21,22,23,24,25). The summed E-state index contributed by atoms with van der Waals surface area (Å²) in [5.74, 6) is 1.36. The van der Waals surface area contributed by atoms with E-state index in [2.05, 4.69) is 38.2 Å². The molecule has 1 fully saturated rings. The molecule has 0 aliphatic carbocycles. The van der Waals surface area contributed by atoms with Crippen LogP contribution in [-0.4, -0.2) is 53.6 Å². The molecule has 1 aromatic heterocycles. The molecule has 2 heterocycles. The molecular weight excluding hydrogens is 340 g/mol. The lowest BCUT2D eigenvalue weighted by Gasteiger charge is -2.39. The summed E-state index contributed by atoms with van der Waals surface area (Å²) in [4.78, 5) is 17.3. The normalized spacial score (nSPS) is 15.1. The van der Waals surface area contributed by atoms with Gasteiger partial charge in [-0.2, -0.15) is 15.2 Å². The second kappa shape index (κ2) is 8.01. The van der Waals surface area contributed by atoms with Crippen molar-refractivity contribution in [2.45, 2.75) is 19.9 Å². The van der Waals surface area contributed by atoms with Crippen LogP contribution in [0.2, 0.25) is 0 Å². The van der Waals surface area contributed by atoms with Crippen LogP contribution in [0.1, 0.15) is 18.2 Å². The van der Waals surface area contributed by atoms with Crippen molar-refractivity contribution >= 4 is 23.4 Å². The van der Waals surface area contributed by atoms with Crippen molar-refractivity contribution in [3.8, 4) is 6.07 Å². The number of hydrogen-bond donors (Lipinski definition) is 2. The van der Waals surface area contributed by atoms with Crippen LogP contribution in [0.15, 0.2) is 35.3 Å². The Hall–Kier alpha value is -3.18. The van der Waals surface area contributed by atoms with Gasteiger partial charge in [-0.15, -0.1) is 0 Å². The number of nitriles is 1. The van der Waals surface area contributed by atoms with E-state index in [9.17, 15) is 0 Å². The van der Waals surface area contributed by atoms with E-state index >= 15 is 0 Å². The van der Waals surface area contributed by atoms with Crippen molar-refractivity contribution < 1.29 is 0 Å². The van der Waals surface area contributed by atoms with Gasteiger partial charge >= 0.3 is 0 Å². The second-order valence-corrected chi connectivity index (χ2v) is 6.58. The van der Waals surface area contributed by atoms with Gasteiger partial charge in [-0.3, -0.25) is 4.90 Å². The fourth-order valence-corrected chi connectivity index (χ4v) is 2.87. The Balaban J connectivity index is 1.73. The molecule has 1 aliphatic heterocycles. The van der Waals surface area contributed by atoms with Crippen molar-refractivity contribution in [3.63, 3.8) is 0 Å². The molecule has 3 rings (SSSR count). The van der Waals surface area contributed by atoms with Gasteiger partial charge in [0.05, 0.1) is 17.7 Å². The summed E-state index contributed by atoms with van der Waals surface area (Å²) in [5, 5.41) is 12.3. The number of benzene rings is 1. The highest BCUT2D eigenvalue weighted by atomic mass is 15.3. The summed E-state index contributed by atoms with van der Waals surface area (Å²) in [6.07, 6.45) is 0. The first-order valence-corrected chi connectivity index (χ1v) is 8.91. The van der Waals surface area contributed by atoms with E-state index in [-0.39, 0.29) is 5.96 Å². The summed E-state index contributed by atoms with van der Waals surface area (Å²) in [7, 11) is 1.81. The SMILES string of the molecule is CCN1CC(Nc2cc(C)nc(N=C(N)N(C)c3ccc(C#N)cc3)n2)C1. The fraction of sp³-hybridized carbons (Fsp3) is 0.368. The number of nitrogens with zero attached hydrogens (tertiary/aromatic N) is 6. The van der Waals surface area contributed by atoms with Gasteiger partial charge in [-0.1, -0.05) is 6.92 Å². The minimum Gasteiger partial charge on any atom is -0.369 e. The molecule has 0 bridgehead atoms. The topological polar surface area (TPSA) is 106 Å². The van der Waals surface area contributed by atoms with E-state index in [1.54, 1.807) is 17.0 Å². The Labute approximate surface area is 159 Å². The lowest BCUT2D eigenvalue weighted by atomic mass is 10.1. The Morgan fingerprint density at radius 1 is 1.37 bits per heavy atom. The fourth-order valence-electron chi connectivity index (χ4n) is 2.87. The first-order chi connectivity index (χ1) is 13.0. The molecule has 2 aromatic rings. The smallest absolute Gasteiger partial charge is 0.254 e. The minimum atomic E-state index is 0.275. The third-order valence-electron chi connectivity index (χ3n) is 4.54. The summed E-state index contributed by atoms with van der Waals surface area (Å²) in [5.41, 5.74) is 8.38. The largest absolute Gasteiger partial charge is 0.369 e. The number of anilines is 2. The summed E-state index contributed by atoms with van der Waals surface area (Å²) in [6.45, 7) is 7.16. The van der Waals surface area contributed by atoms with Crippen molar-refractivity contribution in [1.82, 2.24) is 14.9 Å². The quantitative estimate of drug-likeness (QED) is 0.616. The van der Waals surface area contributed by atoms with Crippen molar-refractivity contribution in [1.29, 1.82) is 5.26 Å². The minimum absolute atomic E-state index is 0.275. The van der Waals surface area contributed by atoms with Gasteiger partial charge in [0.25, 0.3) is 5.95 Å². The average molecular weight is 364 g/mol.